The minimum atomic E-state index is -0.860. The van der Waals surface area contributed by atoms with E-state index in [4.69, 9.17) is 5.11 Å². The van der Waals surface area contributed by atoms with Crippen molar-refractivity contribution in [1.82, 2.24) is 0 Å². The number of fused-ring (bicyclic) bond motifs is 3. The van der Waals surface area contributed by atoms with Gasteiger partial charge < -0.3 is 5.11 Å². The zero-order chi connectivity index (χ0) is 15.1. The number of nitro groups is 1. The standard InChI is InChI=1S/C16H13NO4/c1-9(16(18)19)10-2-4-14-11(6-10)7-12-8-13(17(20)21)3-5-15(12)14/h2-6,8-9H,7H2,1H3,(H,18,19). The van der Waals surface area contributed by atoms with Crippen molar-refractivity contribution in [3.8, 4) is 11.1 Å². The van der Waals surface area contributed by atoms with Crippen LogP contribution >= 0.6 is 0 Å². The number of nitro benzene ring substituents is 1. The Kier molecular flexibility index (Phi) is 2.97. The van der Waals surface area contributed by atoms with E-state index in [1.807, 2.05) is 18.2 Å². The van der Waals surface area contributed by atoms with Gasteiger partial charge >= 0.3 is 5.97 Å². The summed E-state index contributed by atoms with van der Waals surface area (Å²) in [7, 11) is 0. The van der Waals surface area contributed by atoms with E-state index < -0.39 is 16.8 Å². The fourth-order valence-electron chi connectivity index (χ4n) is 2.74. The Balaban J connectivity index is 2.03. The third-order valence-electron chi connectivity index (χ3n) is 3.97. The van der Waals surface area contributed by atoms with E-state index in [0.29, 0.717) is 6.42 Å². The van der Waals surface area contributed by atoms with Gasteiger partial charge in [-0.2, -0.15) is 0 Å². The topological polar surface area (TPSA) is 80.4 Å². The molecule has 0 amide bonds. The van der Waals surface area contributed by atoms with E-state index in [9.17, 15) is 14.9 Å². The summed E-state index contributed by atoms with van der Waals surface area (Å²) >= 11 is 0. The van der Waals surface area contributed by atoms with Crippen LogP contribution in [0, 0.1) is 10.1 Å². The minimum absolute atomic E-state index is 0.0840. The van der Waals surface area contributed by atoms with Crippen LogP contribution in [0.2, 0.25) is 0 Å². The summed E-state index contributed by atoms with van der Waals surface area (Å²) < 4.78 is 0. The highest BCUT2D eigenvalue weighted by Crippen LogP contribution is 2.39. The van der Waals surface area contributed by atoms with Crippen molar-refractivity contribution in [3.05, 3.63) is 63.2 Å². The Bertz CT molecular complexity index is 767. The van der Waals surface area contributed by atoms with Crippen LogP contribution in [0.4, 0.5) is 5.69 Å². The van der Waals surface area contributed by atoms with Gasteiger partial charge in [0, 0.05) is 12.1 Å². The van der Waals surface area contributed by atoms with Crippen molar-refractivity contribution in [2.45, 2.75) is 19.3 Å². The normalized spacial score (nSPS) is 13.4. The molecule has 0 aromatic heterocycles. The monoisotopic (exact) mass is 283 g/mol. The highest BCUT2D eigenvalue weighted by atomic mass is 16.6. The first-order chi connectivity index (χ1) is 9.97. The maximum atomic E-state index is 11.1. The van der Waals surface area contributed by atoms with Crippen molar-refractivity contribution >= 4 is 11.7 Å². The third kappa shape index (κ3) is 2.16. The quantitative estimate of drug-likeness (QED) is 0.590. The van der Waals surface area contributed by atoms with E-state index in [1.54, 1.807) is 19.1 Å². The lowest BCUT2D eigenvalue weighted by molar-refractivity contribution is -0.384. The van der Waals surface area contributed by atoms with Crippen LogP contribution in [-0.4, -0.2) is 16.0 Å². The smallest absolute Gasteiger partial charge is 0.310 e. The molecule has 0 spiro atoms. The summed E-state index contributed by atoms with van der Waals surface area (Å²) in [6.45, 7) is 1.65. The highest BCUT2D eigenvalue weighted by Gasteiger charge is 2.23. The van der Waals surface area contributed by atoms with Gasteiger partial charge in [0.25, 0.3) is 5.69 Å². The van der Waals surface area contributed by atoms with Gasteiger partial charge in [-0.15, -0.1) is 0 Å². The summed E-state index contributed by atoms with van der Waals surface area (Å²) in [4.78, 5) is 21.5. The Morgan fingerprint density at radius 2 is 1.81 bits per heavy atom. The summed E-state index contributed by atoms with van der Waals surface area (Å²) in [5, 5.41) is 19.9. The molecule has 21 heavy (non-hydrogen) atoms. The van der Waals surface area contributed by atoms with E-state index in [0.717, 1.165) is 27.8 Å². The molecule has 1 unspecified atom stereocenters. The van der Waals surface area contributed by atoms with E-state index in [1.165, 1.54) is 6.07 Å². The SMILES string of the molecule is CC(C(=O)O)c1ccc2c(c1)Cc1cc([N+](=O)[O-])ccc1-2. The zero-order valence-electron chi connectivity index (χ0n) is 11.4. The molecule has 2 aromatic rings. The molecule has 0 heterocycles. The van der Waals surface area contributed by atoms with Gasteiger partial charge in [0.15, 0.2) is 0 Å². The van der Waals surface area contributed by atoms with E-state index in [-0.39, 0.29) is 5.69 Å². The largest absolute Gasteiger partial charge is 0.481 e. The second-order valence-corrected chi connectivity index (χ2v) is 5.25. The number of carboxylic acid groups (broad SMARTS) is 1. The second-order valence-electron chi connectivity index (χ2n) is 5.25. The molecular formula is C16H13NO4. The van der Waals surface area contributed by atoms with Gasteiger partial charge in [-0.1, -0.05) is 18.2 Å². The summed E-state index contributed by atoms with van der Waals surface area (Å²) in [5.74, 6) is -1.42. The van der Waals surface area contributed by atoms with Crippen molar-refractivity contribution in [2.75, 3.05) is 0 Å². The zero-order valence-corrected chi connectivity index (χ0v) is 11.4. The molecule has 5 heteroatoms. The Morgan fingerprint density at radius 3 is 2.43 bits per heavy atom. The molecule has 1 aliphatic rings. The molecule has 1 aliphatic carbocycles. The molecule has 0 saturated heterocycles. The van der Waals surface area contributed by atoms with Crippen molar-refractivity contribution in [3.63, 3.8) is 0 Å². The molecule has 0 radical (unpaired) electrons. The van der Waals surface area contributed by atoms with Gasteiger partial charge in [0.2, 0.25) is 0 Å². The molecule has 5 nitrogen and oxygen atoms in total. The van der Waals surface area contributed by atoms with Crippen LogP contribution in [0.25, 0.3) is 11.1 Å². The number of carbonyl (C=O) groups is 1. The maximum absolute atomic E-state index is 11.1. The predicted octanol–water partition coefficient (Wildman–Crippen LogP) is 3.35. The fraction of sp³-hybridized carbons (Fsp3) is 0.188. The number of nitrogens with zero attached hydrogens (tertiary/aromatic N) is 1. The molecule has 1 N–H and O–H groups in total. The average molecular weight is 283 g/mol. The fourth-order valence-corrected chi connectivity index (χ4v) is 2.74. The summed E-state index contributed by atoms with van der Waals surface area (Å²) in [6.07, 6.45) is 0.604. The van der Waals surface area contributed by atoms with Crippen LogP contribution in [0.5, 0.6) is 0 Å². The first kappa shape index (κ1) is 13.3. The maximum Gasteiger partial charge on any atom is 0.310 e. The molecule has 2 aromatic carbocycles. The third-order valence-corrected chi connectivity index (χ3v) is 3.97. The van der Waals surface area contributed by atoms with Crippen LogP contribution < -0.4 is 0 Å². The molecule has 0 aliphatic heterocycles. The van der Waals surface area contributed by atoms with Gasteiger partial charge in [0.1, 0.15) is 0 Å². The highest BCUT2D eigenvalue weighted by molar-refractivity contribution is 5.80. The van der Waals surface area contributed by atoms with Crippen molar-refractivity contribution < 1.29 is 14.8 Å². The Hall–Kier alpha value is -2.69. The van der Waals surface area contributed by atoms with Crippen LogP contribution in [0.1, 0.15) is 29.5 Å². The van der Waals surface area contributed by atoms with Crippen molar-refractivity contribution in [2.24, 2.45) is 0 Å². The number of hydrogen-bond donors (Lipinski definition) is 1. The lowest BCUT2D eigenvalue weighted by atomic mass is 9.96. The van der Waals surface area contributed by atoms with Gasteiger partial charge in [0.05, 0.1) is 10.8 Å². The molecule has 106 valence electrons. The molecule has 0 fully saturated rings. The van der Waals surface area contributed by atoms with E-state index in [2.05, 4.69) is 0 Å². The second kappa shape index (κ2) is 4.70. The number of hydrogen-bond acceptors (Lipinski definition) is 3. The van der Waals surface area contributed by atoms with Gasteiger partial charge in [-0.3, -0.25) is 14.9 Å². The molecule has 0 bridgehead atoms. The summed E-state index contributed by atoms with van der Waals surface area (Å²) in [5.41, 5.74) is 4.80. The molecule has 0 saturated carbocycles. The first-order valence-corrected chi connectivity index (χ1v) is 6.60. The lowest BCUT2D eigenvalue weighted by Gasteiger charge is -2.09. The lowest BCUT2D eigenvalue weighted by Crippen LogP contribution is -2.07. The van der Waals surface area contributed by atoms with Gasteiger partial charge in [-0.25, -0.2) is 0 Å². The first-order valence-electron chi connectivity index (χ1n) is 6.60. The molecule has 1 atom stereocenters. The van der Waals surface area contributed by atoms with Crippen LogP contribution in [0.3, 0.4) is 0 Å². The Labute approximate surface area is 121 Å². The number of aliphatic carboxylic acids is 1. The predicted molar refractivity (Wildman–Crippen MR) is 77.4 cm³/mol. The average Bonchev–Trinajstić information content (AvgIpc) is 2.82. The van der Waals surface area contributed by atoms with Crippen molar-refractivity contribution in [1.29, 1.82) is 0 Å². The Morgan fingerprint density at radius 1 is 1.19 bits per heavy atom. The molecule has 3 rings (SSSR count). The number of rotatable bonds is 3. The van der Waals surface area contributed by atoms with Crippen LogP contribution in [-0.2, 0) is 11.2 Å². The minimum Gasteiger partial charge on any atom is -0.481 e. The number of carboxylic acids is 1. The van der Waals surface area contributed by atoms with E-state index >= 15 is 0 Å². The number of non-ortho nitro benzene ring substituents is 1. The number of benzene rings is 2. The van der Waals surface area contributed by atoms with Crippen LogP contribution in [0.15, 0.2) is 36.4 Å². The summed E-state index contributed by atoms with van der Waals surface area (Å²) in [6, 6.07) is 10.5. The molecular weight excluding hydrogens is 270 g/mol. The van der Waals surface area contributed by atoms with Gasteiger partial charge in [-0.05, 0) is 47.2 Å².